The normalized spacial score (nSPS) is 21.6. The fourth-order valence-corrected chi connectivity index (χ4v) is 3.34. The van der Waals surface area contributed by atoms with Crippen molar-refractivity contribution < 1.29 is 8.42 Å². The van der Waals surface area contributed by atoms with Crippen LogP contribution in [0.5, 0.6) is 0 Å². The molecule has 0 spiro atoms. The number of sulfone groups is 1. The maximum Gasteiger partial charge on any atom is 0.151 e. The second kappa shape index (κ2) is 7.34. The van der Waals surface area contributed by atoms with Gasteiger partial charge in [0.15, 0.2) is 9.84 Å². The quantitative estimate of drug-likeness (QED) is 0.718. The monoisotopic (exact) mass is 262 g/mol. The molecule has 0 aliphatic carbocycles. The Hall–Kier alpha value is -0.130. The molecule has 5 heteroatoms. The summed E-state index contributed by atoms with van der Waals surface area (Å²) < 4.78 is 22.9. The van der Waals surface area contributed by atoms with E-state index in [1.807, 2.05) is 0 Å². The van der Waals surface area contributed by atoms with E-state index in [1.165, 1.54) is 0 Å². The minimum Gasteiger partial charge on any atom is -0.316 e. The molecule has 1 aliphatic heterocycles. The van der Waals surface area contributed by atoms with Gasteiger partial charge in [0.25, 0.3) is 0 Å². The Morgan fingerprint density at radius 2 is 2.00 bits per heavy atom. The third-order valence-corrected chi connectivity index (χ3v) is 4.74. The topological polar surface area (TPSA) is 49.4 Å². The summed E-state index contributed by atoms with van der Waals surface area (Å²) in [4.78, 5) is 2.28. The Morgan fingerprint density at radius 1 is 1.24 bits per heavy atom. The van der Waals surface area contributed by atoms with Gasteiger partial charge in [-0.3, -0.25) is 0 Å². The van der Waals surface area contributed by atoms with Crippen molar-refractivity contribution in [2.75, 3.05) is 44.2 Å². The molecule has 1 aliphatic rings. The molecule has 0 bridgehead atoms. The van der Waals surface area contributed by atoms with Gasteiger partial charge in [0.1, 0.15) is 0 Å². The van der Waals surface area contributed by atoms with Crippen LogP contribution in [0.4, 0.5) is 0 Å². The maximum atomic E-state index is 11.4. The van der Waals surface area contributed by atoms with Gasteiger partial charge < -0.3 is 10.2 Å². The SMILES string of the molecule is CC(C)CNCCCN1CCCS(=O)(=O)CC1. The highest BCUT2D eigenvalue weighted by Gasteiger charge is 2.18. The lowest BCUT2D eigenvalue weighted by Crippen LogP contribution is -2.31. The molecule has 1 rings (SSSR count). The molecule has 0 amide bonds. The van der Waals surface area contributed by atoms with Crippen LogP contribution in [0.2, 0.25) is 0 Å². The fraction of sp³-hybridized carbons (Fsp3) is 1.00. The van der Waals surface area contributed by atoms with Crippen LogP contribution in [0.25, 0.3) is 0 Å². The number of rotatable bonds is 6. The van der Waals surface area contributed by atoms with Gasteiger partial charge in [0.05, 0.1) is 11.5 Å². The zero-order valence-corrected chi connectivity index (χ0v) is 11.9. The summed E-state index contributed by atoms with van der Waals surface area (Å²) in [6, 6.07) is 0. The van der Waals surface area contributed by atoms with Crippen LogP contribution in [0, 0.1) is 5.92 Å². The van der Waals surface area contributed by atoms with Crippen LogP contribution in [-0.4, -0.2) is 57.5 Å². The average molecular weight is 262 g/mol. The Labute approximate surface area is 106 Å². The molecular weight excluding hydrogens is 236 g/mol. The Bertz CT molecular complexity index is 302. The molecule has 0 atom stereocenters. The van der Waals surface area contributed by atoms with E-state index in [-0.39, 0.29) is 0 Å². The van der Waals surface area contributed by atoms with E-state index in [2.05, 4.69) is 24.1 Å². The van der Waals surface area contributed by atoms with Crippen molar-refractivity contribution in [1.82, 2.24) is 10.2 Å². The molecule has 0 aromatic carbocycles. The van der Waals surface area contributed by atoms with Gasteiger partial charge in [0, 0.05) is 6.54 Å². The van der Waals surface area contributed by atoms with Crippen molar-refractivity contribution in [1.29, 1.82) is 0 Å². The molecule has 1 heterocycles. The number of hydrogen-bond acceptors (Lipinski definition) is 4. The number of nitrogens with one attached hydrogen (secondary N) is 1. The summed E-state index contributed by atoms with van der Waals surface area (Å²) >= 11 is 0. The zero-order valence-electron chi connectivity index (χ0n) is 11.1. The molecular formula is C12H26N2O2S. The summed E-state index contributed by atoms with van der Waals surface area (Å²) in [5, 5.41) is 3.41. The molecule has 0 saturated carbocycles. The highest BCUT2D eigenvalue weighted by Crippen LogP contribution is 2.05. The van der Waals surface area contributed by atoms with Crippen LogP contribution in [0.15, 0.2) is 0 Å². The van der Waals surface area contributed by atoms with Gasteiger partial charge in [-0.1, -0.05) is 13.8 Å². The first-order valence-corrected chi connectivity index (χ1v) is 8.45. The number of hydrogen-bond donors (Lipinski definition) is 1. The molecule has 102 valence electrons. The summed E-state index contributed by atoms with van der Waals surface area (Å²) in [5.74, 6) is 1.40. The zero-order chi connectivity index (χ0) is 12.7. The van der Waals surface area contributed by atoms with Crippen LogP contribution in [-0.2, 0) is 9.84 Å². The molecule has 0 unspecified atom stereocenters. The van der Waals surface area contributed by atoms with Gasteiger partial charge in [0.2, 0.25) is 0 Å². The lowest BCUT2D eigenvalue weighted by molar-refractivity contribution is 0.289. The molecule has 1 N–H and O–H groups in total. The van der Waals surface area contributed by atoms with E-state index < -0.39 is 9.84 Å². The van der Waals surface area contributed by atoms with Crippen LogP contribution < -0.4 is 5.32 Å². The summed E-state index contributed by atoms with van der Waals surface area (Å²) in [5.41, 5.74) is 0. The smallest absolute Gasteiger partial charge is 0.151 e. The molecule has 0 aromatic rings. The van der Waals surface area contributed by atoms with E-state index in [0.717, 1.165) is 39.0 Å². The first kappa shape index (κ1) is 14.9. The highest BCUT2D eigenvalue weighted by atomic mass is 32.2. The first-order valence-electron chi connectivity index (χ1n) is 6.63. The third-order valence-electron chi connectivity index (χ3n) is 3.03. The van der Waals surface area contributed by atoms with Crippen molar-refractivity contribution in [2.24, 2.45) is 5.92 Å². The Morgan fingerprint density at radius 3 is 2.71 bits per heavy atom. The van der Waals surface area contributed by atoms with E-state index in [9.17, 15) is 8.42 Å². The van der Waals surface area contributed by atoms with Gasteiger partial charge in [-0.2, -0.15) is 0 Å². The Balaban J connectivity index is 2.11. The second-order valence-electron chi connectivity index (χ2n) is 5.30. The maximum absolute atomic E-state index is 11.4. The van der Waals surface area contributed by atoms with Gasteiger partial charge in [-0.25, -0.2) is 8.42 Å². The van der Waals surface area contributed by atoms with E-state index in [0.29, 0.717) is 24.0 Å². The van der Waals surface area contributed by atoms with Gasteiger partial charge in [-0.05, 0) is 44.9 Å². The first-order chi connectivity index (χ1) is 7.99. The summed E-state index contributed by atoms with van der Waals surface area (Å²) in [6.07, 6.45) is 1.90. The standard InChI is InChI=1S/C12H26N2O2S/c1-12(2)11-13-5-3-6-14-7-4-9-17(15,16)10-8-14/h12-13H,3-11H2,1-2H3. The fourth-order valence-electron chi connectivity index (χ4n) is 2.03. The van der Waals surface area contributed by atoms with E-state index >= 15 is 0 Å². The molecule has 0 aromatic heterocycles. The largest absolute Gasteiger partial charge is 0.316 e. The molecule has 0 radical (unpaired) electrons. The second-order valence-corrected chi connectivity index (χ2v) is 7.60. The lowest BCUT2D eigenvalue weighted by Gasteiger charge is -2.19. The van der Waals surface area contributed by atoms with Crippen molar-refractivity contribution in [3.63, 3.8) is 0 Å². The van der Waals surface area contributed by atoms with Crippen molar-refractivity contribution >= 4 is 9.84 Å². The minimum absolute atomic E-state index is 0.340. The van der Waals surface area contributed by atoms with Crippen molar-refractivity contribution in [3.8, 4) is 0 Å². The van der Waals surface area contributed by atoms with Crippen molar-refractivity contribution in [3.05, 3.63) is 0 Å². The number of nitrogens with zero attached hydrogens (tertiary/aromatic N) is 1. The van der Waals surface area contributed by atoms with Crippen LogP contribution in [0.1, 0.15) is 26.7 Å². The summed E-state index contributed by atoms with van der Waals surface area (Å²) in [7, 11) is -2.76. The molecule has 1 fully saturated rings. The molecule has 17 heavy (non-hydrogen) atoms. The predicted molar refractivity (Wildman–Crippen MR) is 72.0 cm³/mol. The third kappa shape index (κ3) is 7.01. The van der Waals surface area contributed by atoms with Gasteiger partial charge >= 0.3 is 0 Å². The lowest BCUT2D eigenvalue weighted by atomic mass is 10.2. The van der Waals surface area contributed by atoms with E-state index in [1.54, 1.807) is 0 Å². The minimum atomic E-state index is -2.76. The van der Waals surface area contributed by atoms with Crippen LogP contribution >= 0.6 is 0 Å². The summed E-state index contributed by atoms with van der Waals surface area (Å²) in [6.45, 7) is 9.16. The highest BCUT2D eigenvalue weighted by molar-refractivity contribution is 7.91. The predicted octanol–water partition coefficient (Wildman–Crippen LogP) is 0.743. The molecule has 1 saturated heterocycles. The molecule has 4 nitrogen and oxygen atoms in total. The van der Waals surface area contributed by atoms with Gasteiger partial charge in [-0.15, -0.1) is 0 Å². The van der Waals surface area contributed by atoms with Crippen LogP contribution in [0.3, 0.4) is 0 Å². The van der Waals surface area contributed by atoms with E-state index in [4.69, 9.17) is 0 Å². The average Bonchev–Trinajstić information content (AvgIpc) is 2.39. The Kier molecular flexibility index (Phi) is 6.44. The van der Waals surface area contributed by atoms with Crippen molar-refractivity contribution in [2.45, 2.75) is 26.7 Å².